The van der Waals surface area contributed by atoms with Crippen LogP contribution in [0.15, 0.2) is 0 Å². The van der Waals surface area contributed by atoms with Crippen LogP contribution in [0.4, 0.5) is 0 Å². The zero-order valence-corrected chi connectivity index (χ0v) is 13.5. The first-order valence-electron chi connectivity index (χ1n) is 9.03. The average Bonchev–Trinajstić information content (AvgIpc) is 2.73. The van der Waals surface area contributed by atoms with Gasteiger partial charge in [0.2, 0.25) is 0 Å². The van der Waals surface area contributed by atoms with E-state index < -0.39 is 0 Å². The van der Waals surface area contributed by atoms with Crippen molar-refractivity contribution in [2.75, 3.05) is 0 Å². The zero-order valence-electron chi connectivity index (χ0n) is 13.5. The Bertz CT molecular complexity index is 496. The van der Waals surface area contributed by atoms with Crippen LogP contribution in [0, 0.1) is 34.5 Å². The van der Waals surface area contributed by atoms with Gasteiger partial charge < -0.3 is 0 Å². The number of fused-ring (bicyclic) bond motifs is 5. The van der Waals surface area contributed by atoms with Gasteiger partial charge in [0.15, 0.2) is 0 Å². The molecule has 0 saturated heterocycles. The number of hydrogen-bond acceptors (Lipinski definition) is 2. The molecule has 4 rings (SSSR count). The Kier molecular flexibility index (Phi) is 2.94. The van der Waals surface area contributed by atoms with Crippen molar-refractivity contribution in [1.29, 1.82) is 0 Å². The maximum atomic E-state index is 13.0. The maximum Gasteiger partial charge on any atom is 0.139 e. The summed E-state index contributed by atoms with van der Waals surface area (Å²) in [6.07, 6.45) is 10.0. The Morgan fingerprint density at radius 2 is 1.81 bits per heavy atom. The molecule has 0 amide bonds. The standard InChI is InChI=1S/C19H28O2/c1-18-10-4-3-5-12(18)6-7-13-14-8-9-16(21)19(14,2)11-15(20)17(13)18/h12-14,17H,3-11H2,1-2H3/t12?,13-,14-,17-,18-,19-/m0/s1. The summed E-state index contributed by atoms with van der Waals surface area (Å²) in [5.41, 5.74) is -0.0681. The van der Waals surface area contributed by atoms with E-state index in [1.54, 1.807) is 0 Å². The molecule has 2 nitrogen and oxygen atoms in total. The number of carbonyl (C=O) groups is 2. The summed E-state index contributed by atoms with van der Waals surface area (Å²) in [4.78, 5) is 25.4. The van der Waals surface area contributed by atoms with Crippen LogP contribution in [0.3, 0.4) is 0 Å². The second kappa shape index (κ2) is 4.43. The summed E-state index contributed by atoms with van der Waals surface area (Å²) in [5, 5.41) is 0. The molecule has 0 aliphatic heterocycles. The van der Waals surface area contributed by atoms with Crippen LogP contribution in [0.25, 0.3) is 0 Å². The van der Waals surface area contributed by atoms with Gasteiger partial charge in [0.25, 0.3) is 0 Å². The van der Waals surface area contributed by atoms with Crippen molar-refractivity contribution in [3.8, 4) is 0 Å². The molecule has 0 radical (unpaired) electrons. The highest BCUT2D eigenvalue weighted by Gasteiger charge is 2.62. The predicted molar refractivity (Wildman–Crippen MR) is 81.7 cm³/mol. The molecule has 4 aliphatic rings. The molecule has 4 saturated carbocycles. The van der Waals surface area contributed by atoms with Crippen molar-refractivity contribution >= 4 is 11.6 Å². The van der Waals surface area contributed by atoms with Crippen molar-refractivity contribution in [2.24, 2.45) is 34.5 Å². The lowest BCUT2D eigenvalue weighted by atomic mass is 9.45. The summed E-state index contributed by atoms with van der Waals surface area (Å²) in [6.45, 7) is 4.50. The Balaban J connectivity index is 1.73. The van der Waals surface area contributed by atoms with Gasteiger partial charge >= 0.3 is 0 Å². The fourth-order valence-electron chi connectivity index (χ4n) is 6.89. The lowest BCUT2D eigenvalue weighted by Crippen LogP contribution is -2.56. The molecule has 6 atom stereocenters. The highest BCUT2D eigenvalue weighted by Crippen LogP contribution is 2.64. The van der Waals surface area contributed by atoms with Gasteiger partial charge in [-0.25, -0.2) is 0 Å². The monoisotopic (exact) mass is 288 g/mol. The smallest absolute Gasteiger partial charge is 0.139 e. The molecule has 21 heavy (non-hydrogen) atoms. The van der Waals surface area contributed by atoms with Crippen molar-refractivity contribution < 1.29 is 9.59 Å². The second-order valence-electron chi connectivity index (χ2n) is 8.80. The number of hydrogen-bond donors (Lipinski definition) is 0. The van der Waals surface area contributed by atoms with Crippen LogP contribution in [0.5, 0.6) is 0 Å². The minimum Gasteiger partial charge on any atom is -0.299 e. The van der Waals surface area contributed by atoms with E-state index in [9.17, 15) is 9.59 Å². The Hall–Kier alpha value is -0.660. The van der Waals surface area contributed by atoms with Gasteiger partial charge in [0.1, 0.15) is 11.6 Å². The maximum absolute atomic E-state index is 13.0. The Morgan fingerprint density at radius 1 is 1.00 bits per heavy atom. The lowest BCUT2D eigenvalue weighted by Gasteiger charge is -2.58. The van der Waals surface area contributed by atoms with Gasteiger partial charge in [0, 0.05) is 24.2 Å². The SMILES string of the molecule is C[C@]12CCCCC1CC[C@@H]1[C@H]2C(=O)C[C@]2(C)C(=O)CC[C@@H]12. The molecule has 0 aromatic carbocycles. The lowest BCUT2D eigenvalue weighted by molar-refractivity contribution is -0.159. The van der Waals surface area contributed by atoms with Crippen LogP contribution >= 0.6 is 0 Å². The normalized spacial score (nSPS) is 53.0. The zero-order chi connectivity index (χ0) is 14.8. The minimum absolute atomic E-state index is 0.241. The van der Waals surface area contributed by atoms with E-state index in [1.807, 2.05) is 0 Å². The molecule has 1 unspecified atom stereocenters. The Labute approximate surface area is 128 Å². The van der Waals surface area contributed by atoms with Crippen molar-refractivity contribution in [2.45, 2.75) is 71.6 Å². The fourth-order valence-corrected chi connectivity index (χ4v) is 6.89. The molecular weight excluding hydrogens is 260 g/mol. The van der Waals surface area contributed by atoms with E-state index in [4.69, 9.17) is 0 Å². The van der Waals surface area contributed by atoms with Gasteiger partial charge in [-0.1, -0.05) is 26.7 Å². The summed E-state index contributed by atoms with van der Waals surface area (Å²) >= 11 is 0. The highest BCUT2D eigenvalue weighted by molar-refractivity contribution is 5.95. The molecule has 4 fully saturated rings. The quantitative estimate of drug-likeness (QED) is 0.670. The molecule has 0 spiro atoms. The molecular formula is C19H28O2. The molecule has 0 aromatic heterocycles. The number of Topliss-reactive ketones (excluding diaryl/α,β-unsaturated/α-hetero) is 2. The molecule has 0 bridgehead atoms. The van der Waals surface area contributed by atoms with Gasteiger partial charge in [0.05, 0.1) is 0 Å². The van der Waals surface area contributed by atoms with Crippen LogP contribution < -0.4 is 0 Å². The molecule has 0 N–H and O–H groups in total. The fraction of sp³-hybridized carbons (Fsp3) is 0.895. The summed E-state index contributed by atoms with van der Waals surface area (Å²) in [6, 6.07) is 0. The molecule has 0 aromatic rings. The molecule has 0 heterocycles. The second-order valence-corrected chi connectivity index (χ2v) is 8.80. The van der Waals surface area contributed by atoms with Gasteiger partial charge in [-0.3, -0.25) is 9.59 Å². The van der Waals surface area contributed by atoms with Gasteiger partial charge in [-0.15, -0.1) is 0 Å². The van der Waals surface area contributed by atoms with E-state index in [1.165, 1.54) is 38.5 Å². The Morgan fingerprint density at radius 3 is 2.62 bits per heavy atom. The van der Waals surface area contributed by atoms with E-state index in [0.717, 1.165) is 18.8 Å². The molecule has 2 heteroatoms. The minimum atomic E-state index is -0.309. The third kappa shape index (κ3) is 1.71. The molecule has 4 aliphatic carbocycles. The average molecular weight is 288 g/mol. The van der Waals surface area contributed by atoms with E-state index in [2.05, 4.69) is 13.8 Å². The van der Waals surface area contributed by atoms with Gasteiger partial charge in [-0.05, 0) is 55.3 Å². The van der Waals surface area contributed by atoms with Crippen molar-refractivity contribution in [3.05, 3.63) is 0 Å². The largest absolute Gasteiger partial charge is 0.299 e. The summed E-state index contributed by atoms with van der Waals surface area (Å²) in [5.74, 6) is 2.83. The van der Waals surface area contributed by atoms with E-state index in [0.29, 0.717) is 29.8 Å². The van der Waals surface area contributed by atoms with Crippen LogP contribution in [0.1, 0.15) is 71.6 Å². The predicted octanol–water partition coefficient (Wildman–Crippen LogP) is 4.17. The number of ketones is 2. The van der Waals surface area contributed by atoms with Crippen LogP contribution in [-0.4, -0.2) is 11.6 Å². The van der Waals surface area contributed by atoms with Crippen molar-refractivity contribution in [3.63, 3.8) is 0 Å². The summed E-state index contributed by atoms with van der Waals surface area (Å²) < 4.78 is 0. The number of carbonyl (C=O) groups excluding carboxylic acids is 2. The number of rotatable bonds is 0. The van der Waals surface area contributed by atoms with Crippen LogP contribution in [-0.2, 0) is 9.59 Å². The first-order valence-corrected chi connectivity index (χ1v) is 9.03. The van der Waals surface area contributed by atoms with Crippen molar-refractivity contribution in [1.82, 2.24) is 0 Å². The van der Waals surface area contributed by atoms with E-state index >= 15 is 0 Å². The highest BCUT2D eigenvalue weighted by atomic mass is 16.1. The first kappa shape index (κ1) is 14.0. The van der Waals surface area contributed by atoms with Gasteiger partial charge in [-0.2, -0.15) is 0 Å². The topological polar surface area (TPSA) is 34.1 Å². The summed E-state index contributed by atoms with van der Waals surface area (Å²) in [7, 11) is 0. The van der Waals surface area contributed by atoms with E-state index in [-0.39, 0.29) is 16.7 Å². The third-order valence-corrected chi connectivity index (χ3v) is 7.98. The van der Waals surface area contributed by atoms with Crippen LogP contribution in [0.2, 0.25) is 0 Å². The third-order valence-electron chi connectivity index (χ3n) is 7.98. The first-order chi connectivity index (χ1) is 9.97. The molecule has 116 valence electrons.